The number of benzene rings is 2. The summed E-state index contributed by atoms with van der Waals surface area (Å²) in [6, 6.07) is 12.1. The van der Waals surface area contributed by atoms with Crippen molar-refractivity contribution in [2.45, 2.75) is 46.7 Å². The minimum atomic E-state index is -4.43. The van der Waals surface area contributed by atoms with Gasteiger partial charge in [0.2, 0.25) is 0 Å². The first-order valence-electron chi connectivity index (χ1n) is 14.4. The number of carbonyl (C=O) groups excluding carboxylic acids is 2. The molecule has 2 aromatic heterocycles. The van der Waals surface area contributed by atoms with Crippen molar-refractivity contribution in [2.24, 2.45) is 0 Å². The van der Waals surface area contributed by atoms with E-state index in [1.807, 2.05) is 26.0 Å². The van der Waals surface area contributed by atoms with E-state index < -0.39 is 11.7 Å². The summed E-state index contributed by atoms with van der Waals surface area (Å²) in [5.41, 5.74) is 5.85. The Labute approximate surface area is 248 Å². The highest BCUT2D eigenvalue weighted by molar-refractivity contribution is 6.35. The lowest BCUT2D eigenvalue weighted by Crippen LogP contribution is -2.24. The molecule has 0 fully saturated rings. The molecule has 1 aliphatic rings. The molecule has 1 aliphatic heterocycles. The number of H-pyrrole nitrogens is 1. The van der Waals surface area contributed by atoms with Crippen LogP contribution in [0.3, 0.4) is 0 Å². The van der Waals surface area contributed by atoms with Gasteiger partial charge in [0.15, 0.2) is 5.78 Å². The van der Waals surface area contributed by atoms with Gasteiger partial charge in [0.25, 0.3) is 5.91 Å². The second-order valence-corrected chi connectivity index (χ2v) is 10.7. The summed E-state index contributed by atoms with van der Waals surface area (Å²) in [4.78, 5) is 31.8. The van der Waals surface area contributed by atoms with Crippen LogP contribution in [0.25, 0.3) is 28.6 Å². The third kappa shape index (κ3) is 6.06. The zero-order valence-electron chi connectivity index (χ0n) is 24.6. The first-order chi connectivity index (χ1) is 20.5. The maximum atomic E-state index is 13.1. The average molecular weight is 590 g/mol. The van der Waals surface area contributed by atoms with Crippen molar-refractivity contribution in [1.82, 2.24) is 19.7 Å². The highest BCUT2D eigenvalue weighted by Gasteiger charge is 2.30. The molecule has 4 aromatic rings. The summed E-state index contributed by atoms with van der Waals surface area (Å²) in [6.07, 6.45) is 0.149. The number of nitrogens with one attached hydrogen (secondary N) is 2. The van der Waals surface area contributed by atoms with Gasteiger partial charge in [-0.05, 0) is 94.0 Å². The van der Waals surface area contributed by atoms with E-state index in [9.17, 15) is 22.8 Å². The molecule has 1 amide bonds. The van der Waals surface area contributed by atoms with E-state index in [0.29, 0.717) is 45.9 Å². The predicted molar refractivity (Wildman–Crippen MR) is 162 cm³/mol. The molecule has 0 saturated heterocycles. The highest BCUT2D eigenvalue weighted by Crippen LogP contribution is 2.38. The molecular weight excluding hydrogens is 555 g/mol. The third-order valence-electron chi connectivity index (χ3n) is 8.00. The summed E-state index contributed by atoms with van der Waals surface area (Å²) in [7, 11) is 0. The Balaban J connectivity index is 1.43. The van der Waals surface area contributed by atoms with Crippen LogP contribution in [0.5, 0.6) is 0 Å². The molecule has 2 aromatic carbocycles. The molecule has 0 atom stereocenters. The predicted octanol–water partition coefficient (Wildman–Crippen LogP) is 7.30. The number of rotatable bonds is 10. The first-order valence-corrected chi connectivity index (χ1v) is 14.4. The fraction of sp³-hybridized carbons (Fsp3) is 0.303. The van der Waals surface area contributed by atoms with E-state index >= 15 is 0 Å². The highest BCUT2D eigenvalue weighted by atomic mass is 19.4. The summed E-state index contributed by atoms with van der Waals surface area (Å²) < 4.78 is 40.8. The number of hydrogen-bond donors (Lipinski definition) is 2. The number of hydrogen-bond acceptors (Lipinski definition) is 4. The SMILES string of the molecule is CCN(CC)CCCC(=O)c1c(C)[nH]c(/C=C2\C(=O)Nc3ccc(-c4ccnn4-c4ccc(C(F)(F)F)cc4)cc32)c1C. The molecule has 5 rings (SSSR count). The Morgan fingerprint density at radius 1 is 1.05 bits per heavy atom. The third-order valence-corrected chi connectivity index (χ3v) is 8.00. The van der Waals surface area contributed by atoms with Crippen LogP contribution in [0.2, 0.25) is 0 Å². The second-order valence-electron chi connectivity index (χ2n) is 10.7. The standard InChI is InChI=1S/C33H34F3N5O2/c1-5-40(6-2)17-7-8-30(42)31-20(3)28(38-21(31)4)19-26-25-18-22(9-14-27(25)39-32(26)43)29-15-16-37-41(29)24-12-10-23(11-13-24)33(34,35)36/h9-16,18-19,38H,5-8,17H2,1-4H3,(H,39,43)/b26-19-. The molecule has 0 radical (unpaired) electrons. The number of fused-ring (bicyclic) bond motifs is 1. The molecule has 0 unspecified atom stereocenters. The van der Waals surface area contributed by atoms with Gasteiger partial charge in [0, 0.05) is 40.2 Å². The number of Topliss-reactive ketones (excluding diaryl/α,β-unsaturated/α-hetero) is 1. The average Bonchev–Trinajstić information content (AvgIpc) is 3.66. The van der Waals surface area contributed by atoms with Crippen molar-refractivity contribution in [3.63, 3.8) is 0 Å². The summed E-state index contributed by atoms with van der Waals surface area (Å²) in [5, 5.41) is 7.23. The van der Waals surface area contributed by atoms with Gasteiger partial charge < -0.3 is 15.2 Å². The van der Waals surface area contributed by atoms with E-state index in [0.717, 1.165) is 55.0 Å². The fourth-order valence-corrected chi connectivity index (χ4v) is 5.62. The van der Waals surface area contributed by atoms with Crippen LogP contribution >= 0.6 is 0 Å². The molecule has 0 aliphatic carbocycles. The number of aromatic nitrogens is 3. The summed E-state index contributed by atoms with van der Waals surface area (Å²) in [5.74, 6) is -0.180. The van der Waals surface area contributed by atoms with Crippen LogP contribution in [0.4, 0.5) is 18.9 Å². The van der Waals surface area contributed by atoms with E-state index in [-0.39, 0.29) is 11.7 Å². The smallest absolute Gasteiger partial charge is 0.358 e. The van der Waals surface area contributed by atoms with E-state index in [2.05, 4.69) is 34.1 Å². The zero-order chi connectivity index (χ0) is 30.9. The van der Waals surface area contributed by atoms with Crippen LogP contribution in [0.15, 0.2) is 54.7 Å². The molecular formula is C33H34F3N5O2. The Morgan fingerprint density at radius 3 is 2.44 bits per heavy atom. The lowest BCUT2D eigenvalue weighted by Gasteiger charge is -2.17. The molecule has 0 spiro atoms. The maximum absolute atomic E-state index is 13.1. The number of anilines is 1. The molecule has 2 N–H and O–H groups in total. The van der Waals surface area contributed by atoms with E-state index in [4.69, 9.17) is 0 Å². The van der Waals surface area contributed by atoms with Crippen molar-refractivity contribution < 1.29 is 22.8 Å². The Kier molecular flexibility index (Phi) is 8.41. The van der Waals surface area contributed by atoms with Crippen LogP contribution < -0.4 is 5.32 Å². The van der Waals surface area contributed by atoms with Gasteiger partial charge in [0.05, 0.1) is 28.7 Å². The van der Waals surface area contributed by atoms with Crippen molar-refractivity contribution in [1.29, 1.82) is 0 Å². The van der Waals surface area contributed by atoms with Crippen LogP contribution in [-0.4, -0.2) is 51.0 Å². The van der Waals surface area contributed by atoms with Crippen LogP contribution in [-0.2, 0) is 11.0 Å². The molecule has 10 heteroatoms. The number of halogens is 3. The van der Waals surface area contributed by atoms with Gasteiger partial charge in [-0.3, -0.25) is 9.59 Å². The number of nitrogens with zero attached hydrogens (tertiary/aromatic N) is 3. The van der Waals surface area contributed by atoms with Crippen molar-refractivity contribution in [2.75, 3.05) is 25.0 Å². The molecule has 0 bridgehead atoms. The molecule has 7 nitrogen and oxygen atoms in total. The second kappa shape index (κ2) is 12.0. The topological polar surface area (TPSA) is 83.0 Å². The van der Waals surface area contributed by atoms with Gasteiger partial charge in [-0.1, -0.05) is 19.9 Å². The molecule has 0 saturated carbocycles. The zero-order valence-corrected chi connectivity index (χ0v) is 24.6. The monoisotopic (exact) mass is 589 g/mol. The first kappa shape index (κ1) is 30.0. The summed E-state index contributed by atoms with van der Waals surface area (Å²) in [6.45, 7) is 10.8. The Morgan fingerprint density at radius 2 is 1.77 bits per heavy atom. The normalized spacial score (nSPS) is 14.0. The van der Waals surface area contributed by atoms with Crippen molar-refractivity contribution in [3.05, 3.63) is 88.4 Å². The lowest BCUT2D eigenvalue weighted by molar-refractivity contribution is -0.137. The van der Waals surface area contributed by atoms with Gasteiger partial charge in [0.1, 0.15) is 0 Å². The minimum absolute atomic E-state index is 0.0816. The van der Waals surface area contributed by atoms with Gasteiger partial charge in [-0.2, -0.15) is 18.3 Å². The van der Waals surface area contributed by atoms with Crippen molar-refractivity contribution >= 4 is 29.0 Å². The number of carbonyl (C=O) groups is 2. The number of aromatic amines is 1. The Bertz CT molecular complexity index is 1690. The number of alkyl halides is 3. The largest absolute Gasteiger partial charge is 0.416 e. The van der Waals surface area contributed by atoms with E-state index in [1.54, 1.807) is 29.1 Å². The quantitative estimate of drug-likeness (QED) is 0.150. The van der Waals surface area contributed by atoms with Gasteiger partial charge in [-0.25, -0.2) is 4.68 Å². The Hall–Kier alpha value is -4.44. The van der Waals surface area contributed by atoms with Crippen molar-refractivity contribution in [3.8, 4) is 16.9 Å². The van der Waals surface area contributed by atoms with Crippen LogP contribution in [0, 0.1) is 13.8 Å². The number of amides is 1. The van der Waals surface area contributed by atoms with Gasteiger partial charge in [-0.15, -0.1) is 0 Å². The fourth-order valence-electron chi connectivity index (χ4n) is 5.62. The molecule has 43 heavy (non-hydrogen) atoms. The van der Waals surface area contributed by atoms with E-state index in [1.165, 1.54) is 12.1 Å². The maximum Gasteiger partial charge on any atom is 0.416 e. The lowest BCUT2D eigenvalue weighted by atomic mass is 9.99. The van der Waals surface area contributed by atoms with Gasteiger partial charge >= 0.3 is 6.18 Å². The molecule has 224 valence electrons. The number of aryl methyl sites for hydroxylation is 1. The molecule has 3 heterocycles. The minimum Gasteiger partial charge on any atom is -0.358 e. The summed E-state index contributed by atoms with van der Waals surface area (Å²) >= 11 is 0. The number of ketones is 1. The van der Waals surface area contributed by atoms with Crippen LogP contribution in [0.1, 0.15) is 65.1 Å².